The zero-order valence-electron chi connectivity index (χ0n) is 17.0. The van der Waals surface area contributed by atoms with Crippen LogP contribution >= 0.6 is 11.3 Å². The third-order valence-corrected chi connectivity index (χ3v) is 5.92. The van der Waals surface area contributed by atoms with Crippen LogP contribution in [0.15, 0.2) is 59.2 Å². The molecule has 1 amide bonds. The van der Waals surface area contributed by atoms with Gasteiger partial charge in [0.1, 0.15) is 17.3 Å². The molecule has 0 saturated heterocycles. The first-order valence-corrected chi connectivity index (χ1v) is 10.4. The molecule has 2 aromatic heterocycles. The second-order valence-electron chi connectivity index (χ2n) is 6.65. The first kappa shape index (κ1) is 20.0. The van der Waals surface area contributed by atoms with Crippen molar-refractivity contribution in [3.8, 4) is 11.5 Å². The summed E-state index contributed by atoms with van der Waals surface area (Å²) in [6, 6.07) is 14.9. The molecule has 0 aliphatic heterocycles. The Kier molecular flexibility index (Phi) is 5.72. The van der Waals surface area contributed by atoms with Gasteiger partial charge in [-0.25, -0.2) is 4.98 Å². The molecule has 2 aromatic carbocycles. The number of hydrogen-bond acceptors (Lipinski definition) is 6. The smallest absolute Gasteiger partial charge is 0.264 e. The summed E-state index contributed by atoms with van der Waals surface area (Å²) in [4.78, 5) is 20.1. The lowest BCUT2D eigenvalue weighted by molar-refractivity contribution is 0.0980. The first-order valence-electron chi connectivity index (χ1n) is 9.59. The van der Waals surface area contributed by atoms with E-state index in [4.69, 9.17) is 18.9 Å². The molecule has 2 heterocycles. The summed E-state index contributed by atoms with van der Waals surface area (Å²) >= 11 is 1.48. The number of rotatable bonds is 7. The average molecular weight is 423 g/mol. The molecular formula is C23H22N2O4S. The standard InChI is InChI=1S/C23H22N2O4S/c1-4-15-7-5-9-20-21(15)24-23(30-20)25(14-17-8-6-12-29-17)22(26)18-13-16(27-2)10-11-19(18)28-3/h5-13H,4,14H2,1-3H3. The van der Waals surface area contributed by atoms with E-state index in [-0.39, 0.29) is 12.5 Å². The Morgan fingerprint density at radius 2 is 2.00 bits per heavy atom. The molecule has 0 fully saturated rings. The van der Waals surface area contributed by atoms with Crippen LogP contribution in [0.2, 0.25) is 0 Å². The molecule has 4 aromatic rings. The van der Waals surface area contributed by atoms with E-state index in [1.807, 2.05) is 18.2 Å². The summed E-state index contributed by atoms with van der Waals surface area (Å²) in [7, 11) is 3.11. The van der Waals surface area contributed by atoms with Gasteiger partial charge in [0.15, 0.2) is 5.13 Å². The van der Waals surface area contributed by atoms with E-state index in [1.165, 1.54) is 11.3 Å². The fourth-order valence-corrected chi connectivity index (χ4v) is 4.32. The molecule has 0 N–H and O–H groups in total. The molecule has 4 rings (SSSR count). The third kappa shape index (κ3) is 3.76. The van der Waals surface area contributed by atoms with E-state index in [0.717, 1.165) is 22.2 Å². The monoisotopic (exact) mass is 422 g/mol. The molecule has 0 aliphatic rings. The predicted octanol–water partition coefficient (Wildman–Crippen LogP) is 5.32. The number of thiazole rings is 1. The minimum absolute atomic E-state index is 0.237. The highest BCUT2D eigenvalue weighted by Gasteiger charge is 2.26. The Morgan fingerprint density at radius 1 is 1.13 bits per heavy atom. The minimum atomic E-state index is -0.237. The van der Waals surface area contributed by atoms with Crippen molar-refractivity contribution in [3.63, 3.8) is 0 Å². The lowest BCUT2D eigenvalue weighted by Gasteiger charge is -2.20. The highest BCUT2D eigenvalue weighted by molar-refractivity contribution is 7.22. The number of furan rings is 1. The Hall–Kier alpha value is -3.32. The maximum atomic E-state index is 13.7. The van der Waals surface area contributed by atoms with Crippen molar-refractivity contribution in [1.29, 1.82) is 0 Å². The summed E-state index contributed by atoms with van der Waals surface area (Å²) in [6.45, 7) is 2.36. The van der Waals surface area contributed by atoms with Crippen molar-refractivity contribution < 1.29 is 18.7 Å². The summed E-state index contributed by atoms with van der Waals surface area (Å²) < 4.78 is 17.3. The fourth-order valence-electron chi connectivity index (χ4n) is 3.31. The van der Waals surface area contributed by atoms with Crippen LogP contribution in [-0.2, 0) is 13.0 Å². The van der Waals surface area contributed by atoms with Crippen LogP contribution in [0.25, 0.3) is 10.2 Å². The van der Waals surface area contributed by atoms with Crippen LogP contribution in [0.5, 0.6) is 11.5 Å². The predicted molar refractivity (Wildman–Crippen MR) is 118 cm³/mol. The molecule has 0 atom stereocenters. The summed E-state index contributed by atoms with van der Waals surface area (Å²) in [5.74, 6) is 1.48. The zero-order valence-corrected chi connectivity index (χ0v) is 17.9. The van der Waals surface area contributed by atoms with Gasteiger partial charge in [-0.1, -0.05) is 30.4 Å². The second kappa shape index (κ2) is 8.59. The van der Waals surface area contributed by atoms with E-state index in [0.29, 0.717) is 28.0 Å². The molecule has 0 unspecified atom stereocenters. The lowest BCUT2D eigenvalue weighted by Crippen LogP contribution is -2.30. The maximum Gasteiger partial charge on any atom is 0.264 e. The molecule has 7 heteroatoms. The quantitative estimate of drug-likeness (QED) is 0.403. The first-order chi connectivity index (χ1) is 14.6. The van der Waals surface area contributed by atoms with Crippen molar-refractivity contribution in [3.05, 3.63) is 71.7 Å². The molecular weight excluding hydrogens is 400 g/mol. The van der Waals surface area contributed by atoms with Crippen LogP contribution in [0.3, 0.4) is 0 Å². The number of carbonyl (C=O) groups is 1. The van der Waals surface area contributed by atoms with Gasteiger partial charge in [0.05, 0.1) is 42.8 Å². The van der Waals surface area contributed by atoms with Gasteiger partial charge < -0.3 is 13.9 Å². The molecule has 0 saturated carbocycles. The zero-order chi connectivity index (χ0) is 21.1. The van der Waals surface area contributed by atoms with Crippen LogP contribution in [-0.4, -0.2) is 25.1 Å². The number of aromatic nitrogens is 1. The Balaban J connectivity index is 1.82. The Bertz CT molecular complexity index is 1170. The van der Waals surface area contributed by atoms with Gasteiger partial charge in [0.25, 0.3) is 5.91 Å². The second-order valence-corrected chi connectivity index (χ2v) is 7.66. The average Bonchev–Trinajstić information content (AvgIpc) is 3.45. The molecule has 0 aliphatic carbocycles. The van der Waals surface area contributed by atoms with E-state index in [1.54, 1.807) is 49.6 Å². The summed E-state index contributed by atoms with van der Waals surface area (Å²) in [6.07, 6.45) is 2.47. The SMILES string of the molecule is CCc1cccc2sc(N(Cc3ccco3)C(=O)c3cc(OC)ccc3OC)nc12. The number of anilines is 1. The topological polar surface area (TPSA) is 64.8 Å². The van der Waals surface area contributed by atoms with Gasteiger partial charge in [-0.3, -0.25) is 9.69 Å². The number of nitrogens with zero attached hydrogens (tertiary/aromatic N) is 2. The van der Waals surface area contributed by atoms with Crippen molar-refractivity contribution in [1.82, 2.24) is 4.98 Å². The molecule has 0 spiro atoms. The van der Waals surface area contributed by atoms with Gasteiger partial charge in [0, 0.05) is 0 Å². The molecule has 30 heavy (non-hydrogen) atoms. The van der Waals surface area contributed by atoms with Gasteiger partial charge in [0.2, 0.25) is 0 Å². The number of para-hydroxylation sites is 1. The number of amides is 1. The largest absolute Gasteiger partial charge is 0.497 e. The molecule has 154 valence electrons. The Morgan fingerprint density at radius 3 is 2.70 bits per heavy atom. The van der Waals surface area contributed by atoms with Crippen LogP contribution in [0.4, 0.5) is 5.13 Å². The van der Waals surface area contributed by atoms with Crippen molar-refractivity contribution in [2.24, 2.45) is 0 Å². The van der Waals surface area contributed by atoms with Crippen molar-refractivity contribution in [2.45, 2.75) is 19.9 Å². The minimum Gasteiger partial charge on any atom is -0.497 e. The number of fused-ring (bicyclic) bond motifs is 1. The fraction of sp³-hybridized carbons (Fsp3) is 0.217. The number of carbonyl (C=O) groups excluding carboxylic acids is 1. The van der Waals surface area contributed by atoms with E-state index in [2.05, 4.69) is 13.0 Å². The van der Waals surface area contributed by atoms with Crippen molar-refractivity contribution in [2.75, 3.05) is 19.1 Å². The van der Waals surface area contributed by atoms with E-state index in [9.17, 15) is 4.79 Å². The summed E-state index contributed by atoms with van der Waals surface area (Å²) in [5.41, 5.74) is 2.48. The maximum absolute atomic E-state index is 13.7. The normalized spacial score (nSPS) is 10.9. The number of aryl methyl sites for hydroxylation is 1. The molecule has 6 nitrogen and oxygen atoms in total. The van der Waals surface area contributed by atoms with Crippen molar-refractivity contribution >= 4 is 32.6 Å². The molecule has 0 radical (unpaired) electrons. The Labute approximate surface area is 178 Å². The van der Waals surface area contributed by atoms with Crippen LogP contribution in [0.1, 0.15) is 28.6 Å². The lowest BCUT2D eigenvalue weighted by atomic mass is 10.1. The highest BCUT2D eigenvalue weighted by Crippen LogP contribution is 2.34. The van der Waals surface area contributed by atoms with E-state index >= 15 is 0 Å². The molecule has 0 bridgehead atoms. The number of ether oxygens (including phenoxy) is 2. The van der Waals surface area contributed by atoms with Gasteiger partial charge in [-0.05, 0) is 48.4 Å². The number of hydrogen-bond donors (Lipinski definition) is 0. The summed E-state index contributed by atoms with van der Waals surface area (Å²) in [5, 5.41) is 0.608. The van der Waals surface area contributed by atoms with Crippen LogP contribution in [0, 0.1) is 0 Å². The van der Waals surface area contributed by atoms with Crippen LogP contribution < -0.4 is 14.4 Å². The van der Waals surface area contributed by atoms with Gasteiger partial charge >= 0.3 is 0 Å². The highest BCUT2D eigenvalue weighted by atomic mass is 32.1. The number of benzene rings is 2. The third-order valence-electron chi connectivity index (χ3n) is 4.88. The number of methoxy groups -OCH3 is 2. The van der Waals surface area contributed by atoms with E-state index < -0.39 is 0 Å². The van der Waals surface area contributed by atoms with Gasteiger partial charge in [-0.15, -0.1) is 0 Å². The van der Waals surface area contributed by atoms with Gasteiger partial charge in [-0.2, -0.15) is 0 Å².